The summed E-state index contributed by atoms with van der Waals surface area (Å²) in [4.78, 5) is 23.9. The second-order valence-electron chi connectivity index (χ2n) is 7.14. The first kappa shape index (κ1) is 18.9. The molecule has 1 aromatic carbocycles. The van der Waals surface area contributed by atoms with Crippen molar-refractivity contribution in [2.75, 3.05) is 0 Å². The zero-order valence-electron chi connectivity index (χ0n) is 15.0. The Morgan fingerprint density at radius 2 is 1.92 bits per heavy atom. The Hall–Kier alpha value is -2.41. The molecule has 6 nitrogen and oxygen atoms in total. The fourth-order valence-corrected chi connectivity index (χ4v) is 2.69. The maximum atomic E-state index is 14.7. The van der Waals surface area contributed by atoms with Crippen molar-refractivity contribution >= 4 is 22.8 Å². The second kappa shape index (κ2) is 6.48. The van der Waals surface area contributed by atoms with Crippen molar-refractivity contribution in [3.05, 3.63) is 35.3 Å². The number of hydrogen-bond donors (Lipinski definition) is 2. The van der Waals surface area contributed by atoms with Gasteiger partial charge in [-0.15, -0.1) is 0 Å². The molecule has 0 aliphatic heterocycles. The largest absolute Gasteiger partial charge is 0.477 e. The summed E-state index contributed by atoms with van der Waals surface area (Å²) in [5, 5.41) is 9.92. The van der Waals surface area contributed by atoms with Gasteiger partial charge >= 0.3 is 11.9 Å². The zero-order valence-corrected chi connectivity index (χ0v) is 15.0. The molecule has 2 rings (SSSR count). The smallest absolute Gasteiger partial charge is 0.352 e. The molecule has 3 N–H and O–H groups in total. The molecule has 0 bridgehead atoms. The third kappa shape index (κ3) is 3.66. The third-order valence-corrected chi connectivity index (χ3v) is 3.96. The van der Waals surface area contributed by atoms with E-state index >= 15 is 0 Å². The van der Waals surface area contributed by atoms with Gasteiger partial charge < -0.3 is 20.1 Å². The van der Waals surface area contributed by atoms with Gasteiger partial charge in [0, 0.05) is 5.39 Å². The zero-order chi connectivity index (χ0) is 19.1. The lowest BCUT2D eigenvalue weighted by molar-refractivity contribution is -0.157. The van der Waals surface area contributed by atoms with Crippen LogP contribution in [0.1, 0.15) is 49.8 Å². The molecule has 7 heteroatoms. The van der Waals surface area contributed by atoms with E-state index in [-0.39, 0.29) is 11.2 Å². The minimum atomic E-state index is -1.23. The summed E-state index contributed by atoms with van der Waals surface area (Å²) in [7, 11) is 0. The molecule has 0 aliphatic carbocycles. The van der Waals surface area contributed by atoms with Gasteiger partial charge in [-0.1, -0.05) is 12.1 Å². The number of ether oxygens (including phenoxy) is 1. The summed E-state index contributed by atoms with van der Waals surface area (Å²) in [6, 6.07) is 2.63. The summed E-state index contributed by atoms with van der Waals surface area (Å²) >= 11 is 0. The van der Waals surface area contributed by atoms with E-state index in [4.69, 9.17) is 10.5 Å². The van der Waals surface area contributed by atoms with Crippen molar-refractivity contribution in [3.63, 3.8) is 0 Å². The Morgan fingerprint density at radius 3 is 2.44 bits per heavy atom. The van der Waals surface area contributed by atoms with Crippen molar-refractivity contribution in [2.24, 2.45) is 5.73 Å². The van der Waals surface area contributed by atoms with E-state index in [1.54, 1.807) is 46.8 Å². The van der Waals surface area contributed by atoms with Crippen molar-refractivity contribution in [3.8, 4) is 0 Å². The molecule has 0 spiro atoms. The topological polar surface area (TPSA) is 94.5 Å². The van der Waals surface area contributed by atoms with Gasteiger partial charge in [0.05, 0.1) is 11.6 Å². The van der Waals surface area contributed by atoms with Crippen LogP contribution in [0, 0.1) is 12.7 Å². The van der Waals surface area contributed by atoms with E-state index in [1.165, 1.54) is 10.6 Å². The first-order chi connectivity index (χ1) is 11.4. The highest BCUT2D eigenvalue weighted by Gasteiger charge is 2.31. The number of carboxylic acids is 1. The maximum Gasteiger partial charge on any atom is 0.352 e. The number of halogens is 1. The number of esters is 1. The summed E-state index contributed by atoms with van der Waals surface area (Å²) in [6.45, 7) is 8.28. The molecule has 1 heterocycles. The molecule has 0 saturated carbocycles. The molecule has 0 aliphatic rings. The second-order valence-corrected chi connectivity index (χ2v) is 7.14. The highest BCUT2D eigenvalue weighted by Crippen LogP contribution is 2.30. The number of benzene rings is 1. The summed E-state index contributed by atoms with van der Waals surface area (Å²) in [5.74, 6) is -2.43. The number of nitrogens with zero attached hydrogens (tertiary/aromatic N) is 1. The SMILES string of the molecule is Cc1ccc2cc(C(=O)O)n([C@H](C)[C@@H](N)C(=O)OC(C)(C)C)c2c1F. The van der Waals surface area contributed by atoms with Crippen LogP contribution in [0.4, 0.5) is 4.39 Å². The number of nitrogens with two attached hydrogens (primary N) is 1. The molecule has 0 fully saturated rings. The molecule has 0 radical (unpaired) electrons. The maximum absolute atomic E-state index is 14.7. The van der Waals surface area contributed by atoms with Crippen LogP contribution >= 0.6 is 0 Å². The van der Waals surface area contributed by atoms with Gasteiger partial charge in [0.25, 0.3) is 0 Å². The molecule has 136 valence electrons. The molecule has 25 heavy (non-hydrogen) atoms. The van der Waals surface area contributed by atoms with E-state index in [0.29, 0.717) is 10.9 Å². The van der Waals surface area contributed by atoms with Crippen LogP contribution in [0.25, 0.3) is 10.9 Å². The fourth-order valence-electron chi connectivity index (χ4n) is 2.69. The fraction of sp³-hybridized carbons (Fsp3) is 0.444. The van der Waals surface area contributed by atoms with Crippen LogP contribution in [0.5, 0.6) is 0 Å². The first-order valence-electron chi connectivity index (χ1n) is 7.96. The van der Waals surface area contributed by atoms with Crippen LogP contribution in [0.15, 0.2) is 18.2 Å². The number of carbonyl (C=O) groups excluding carboxylic acids is 1. The molecule has 2 aromatic rings. The third-order valence-electron chi connectivity index (χ3n) is 3.96. The summed E-state index contributed by atoms with van der Waals surface area (Å²) in [6.07, 6.45) is 0. The highest BCUT2D eigenvalue weighted by molar-refractivity contribution is 5.95. The van der Waals surface area contributed by atoms with Gasteiger partial charge in [-0.3, -0.25) is 4.79 Å². The van der Waals surface area contributed by atoms with Crippen molar-refractivity contribution in [2.45, 2.75) is 52.3 Å². The Bertz CT molecular complexity index is 836. The van der Waals surface area contributed by atoms with Gasteiger partial charge in [-0.05, 0) is 46.2 Å². The van der Waals surface area contributed by atoms with E-state index in [2.05, 4.69) is 0 Å². The highest BCUT2D eigenvalue weighted by atomic mass is 19.1. The van der Waals surface area contributed by atoms with Crippen LogP contribution in [0.3, 0.4) is 0 Å². The quantitative estimate of drug-likeness (QED) is 0.827. The van der Waals surface area contributed by atoms with E-state index in [1.807, 2.05) is 0 Å². The van der Waals surface area contributed by atoms with Gasteiger partial charge in [-0.2, -0.15) is 0 Å². The number of carbonyl (C=O) groups is 2. The molecule has 2 atom stereocenters. The number of aromatic nitrogens is 1. The standard InChI is InChI=1S/C18H23FN2O4/c1-9-6-7-11-8-12(16(22)23)21(15(11)13(9)19)10(2)14(20)17(24)25-18(3,4)5/h6-8,10,14H,20H2,1-5H3,(H,22,23)/t10-,14-/m1/s1. The molecule has 0 unspecified atom stereocenters. The Balaban J connectivity index is 2.58. The lowest BCUT2D eigenvalue weighted by atomic mass is 10.1. The predicted octanol–water partition coefficient (Wildman–Crippen LogP) is 3.02. The van der Waals surface area contributed by atoms with Crippen molar-refractivity contribution in [1.82, 2.24) is 4.57 Å². The molecule has 0 amide bonds. The normalized spacial score (nSPS) is 14.4. The number of carboxylic acid groups (broad SMARTS) is 1. The van der Waals surface area contributed by atoms with Crippen molar-refractivity contribution < 1.29 is 23.8 Å². The minimum Gasteiger partial charge on any atom is -0.477 e. The van der Waals surface area contributed by atoms with Gasteiger partial charge in [-0.25, -0.2) is 9.18 Å². The first-order valence-corrected chi connectivity index (χ1v) is 7.96. The van der Waals surface area contributed by atoms with Gasteiger partial charge in [0.2, 0.25) is 0 Å². The Morgan fingerprint density at radius 1 is 1.32 bits per heavy atom. The number of hydrogen-bond acceptors (Lipinski definition) is 4. The van der Waals surface area contributed by atoms with Crippen LogP contribution in [-0.4, -0.2) is 33.3 Å². The number of aromatic carboxylic acids is 1. The molecular weight excluding hydrogens is 327 g/mol. The lowest BCUT2D eigenvalue weighted by Crippen LogP contribution is -2.43. The Labute approximate surface area is 145 Å². The summed E-state index contributed by atoms with van der Waals surface area (Å²) in [5.41, 5.74) is 5.62. The average Bonchev–Trinajstić information content (AvgIpc) is 2.88. The van der Waals surface area contributed by atoms with Gasteiger partial charge in [0.1, 0.15) is 23.2 Å². The Kier molecular flexibility index (Phi) is 4.90. The van der Waals surface area contributed by atoms with Crippen LogP contribution in [-0.2, 0) is 9.53 Å². The van der Waals surface area contributed by atoms with Crippen LogP contribution < -0.4 is 5.73 Å². The average molecular weight is 350 g/mol. The monoisotopic (exact) mass is 350 g/mol. The van der Waals surface area contributed by atoms with Crippen molar-refractivity contribution in [1.29, 1.82) is 0 Å². The lowest BCUT2D eigenvalue weighted by Gasteiger charge is -2.27. The number of rotatable bonds is 4. The number of aryl methyl sites for hydroxylation is 1. The number of fused-ring (bicyclic) bond motifs is 1. The minimum absolute atomic E-state index is 0.115. The van der Waals surface area contributed by atoms with Crippen LogP contribution in [0.2, 0.25) is 0 Å². The van der Waals surface area contributed by atoms with Gasteiger partial charge in [0.15, 0.2) is 0 Å². The van der Waals surface area contributed by atoms with E-state index in [0.717, 1.165) is 0 Å². The molecular formula is C18H23FN2O4. The molecule has 1 aromatic heterocycles. The predicted molar refractivity (Wildman–Crippen MR) is 92.1 cm³/mol. The summed E-state index contributed by atoms with van der Waals surface area (Å²) < 4.78 is 21.2. The van der Waals surface area contributed by atoms with E-state index < -0.39 is 35.4 Å². The molecule has 0 saturated heterocycles. The van der Waals surface area contributed by atoms with E-state index in [9.17, 15) is 19.1 Å².